The van der Waals surface area contributed by atoms with Crippen molar-refractivity contribution in [2.45, 2.75) is 18.9 Å². The van der Waals surface area contributed by atoms with Gasteiger partial charge in [0.2, 0.25) is 11.8 Å². The molecule has 0 aromatic carbocycles. The molecule has 2 amide bonds. The molecule has 1 rings (SSSR count). The Bertz CT molecular complexity index is 219. The van der Waals surface area contributed by atoms with Gasteiger partial charge in [-0.15, -0.1) is 0 Å². The van der Waals surface area contributed by atoms with Crippen LogP contribution in [0.3, 0.4) is 0 Å². The molecule has 74 valence electrons. The fourth-order valence-electron chi connectivity index (χ4n) is 1.35. The molecule has 0 aromatic heterocycles. The Kier molecular flexibility index (Phi) is 3.21. The zero-order chi connectivity index (χ0) is 9.84. The summed E-state index contributed by atoms with van der Waals surface area (Å²) in [4.78, 5) is 23.4. The quantitative estimate of drug-likeness (QED) is 0.266. The van der Waals surface area contributed by atoms with Crippen LogP contribution in [0.15, 0.2) is 0 Å². The van der Waals surface area contributed by atoms with E-state index in [0.717, 1.165) is 13.0 Å². The van der Waals surface area contributed by atoms with Gasteiger partial charge >= 0.3 is 0 Å². The number of carbonyl (C=O) groups excluding carboxylic acids is 2. The SMILES string of the molecule is NNC(=O)CCN1CCC1C(N)=O. The molecule has 5 N–H and O–H groups in total. The second-order valence-corrected chi connectivity index (χ2v) is 3.06. The van der Waals surface area contributed by atoms with E-state index in [-0.39, 0.29) is 17.9 Å². The van der Waals surface area contributed by atoms with E-state index in [1.54, 1.807) is 0 Å². The topological polar surface area (TPSA) is 101 Å². The number of nitrogens with one attached hydrogen (secondary N) is 1. The second-order valence-electron chi connectivity index (χ2n) is 3.06. The summed E-state index contributed by atoms with van der Waals surface area (Å²) in [6, 6.07) is -0.189. The van der Waals surface area contributed by atoms with Crippen LogP contribution < -0.4 is 17.0 Å². The third-order valence-electron chi connectivity index (χ3n) is 2.25. The van der Waals surface area contributed by atoms with E-state index in [0.29, 0.717) is 13.0 Å². The number of primary amides is 1. The number of rotatable bonds is 4. The first-order valence-electron chi connectivity index (χ1n) is 4.18. The normalized spacial score (nSPS) is 22.1. The van der Waals surface area contributed by atoms with Gasteiger partial charge in [0.25, 0.3) is 0 Å². The molecule has 1 aliphatic heterocycles. The largest absolute Gasteiger partial charge is 0.368 e. The van der Waals surface area contributed by atoms with Crippen LogP contribution in [0.5, 0.6) is 0 Å². The van der Waals surface area contributed by atoms with Crippen molar-refractivity contribution in [1.82, 2.24) is 10.3 Å². The number of likely N-dealkylation sites (tertiary alicyclic amines) is 1. The molecule has 1 fully saturated rings. The molecule has 6 heteroatoms. The molecule has 0 spiro atoms. The first-order valence-corrected chi connectivity index (χ1v) is 4.18. The van der Waals surface area contributed by atoms with Gasteiger partial charge in [-0.2, -0.15) is 0 Å². The third kappa shape index (κ3) is 2.40. The number of hydrogen-bond acceptors (Lipinski definition) is 4. The molecule has 0 aromatic rings. The van der Waals surface area contributed by atoms with Crippen LogP contribution in [0.25, 0.3) is 0 Å². The Balaban J connectivity index is 2.23. The molecule has 13 heavy (non-hydrogen) atoms. The summed E-state index contributed by atoms with van der Waals surface area (Å²) in [7, 11) is 0. The van der Waals surface area contributed by atoms with Crippen molar-refractivity contribution in [2.24, 2.45) is 11.6 Å². The van der Waals surface area contributed by atoms with Crippen LogP contribution in [0, 0.1) is 0 Å². The zero-order valence-electron chi connectivity index (χ0n) is 7.32. The van der Waals surface area contributed by atoms with Gasteiger partial charge in [0.1, 0.15) is 0 Å². The fraction of sp³-hybridized carbons (Fsp3) is 0.714. The van der Waals surface area contributed by atoms with Crippen LogP contribution in [-0.2, 0) is 9.59 Å². The second kappa shape index (κ2) is 4.20. The van der Waals surface area contributed by atoms with Crippen molar-refractivity contribution >= 4 is 11.8 Å². The minimum Gasteiger partial charge on any atom is -0.368 e. The predicted molar refractivity (Wildman–Crippen MR) is 46.1 cm³/mol. The van der Waals surface area contributed by atoms with Crippen molar-refractivity contribution in [3.05, 3.63) is 0 Å². The van der Waals surface area contributed by atoms with Crippen molar-refractivity contribution in [3.8, 4) is 0 Å². The minimum atomic E-state index is -0.320. The first kappa shape index (κ1) is 9.94. The van der Waals surface area contributed by atoms with Crippen molar-refractivity contribution in [2.75, 3.05) is 13.1 Å². The van der Waals surface area contributed by atoms with Crippen LogP contribution >= 0.6 is 0 Å². The van der Waals surface area contributed by atoms with Gasteiger partial charge < -0.3 is 5.73 Å². The summed E-state index contributed by atoms with van der Waals surface area (Å²) in [5, 5.41) is 0. The average molecular weight is 186 g/mol. The molecule has 1 saturated heterocycles. The van der Waals surface area contributed by atoms with Crippen molar-refractivity contribution < 1.29 is 9.59 Å². The van der Waals surface area contributed by atoms with E-state index in [1.165, 1.54) is 0 Å². The van der Waals surface area contributed by atoms with Gasteiger partial charge in [-0.25, -0.2) is 5.84 Å². The molecular formula is C7H14N4O2. The Morgan fingerprint density at radius 3 is 2.62 bits per heavy atom. The smallest absolute Gasteiger partial charge is 0.235 e. The lowest BCUT2D eigenvalue weighted by atomic mass is 10.0. The minimum absolute atomic E-state index is 0.189. The van der Waals surface area contributed by atoms with E-state index in [4.69, 9.17) is 11.6 Å². The number of carbonyl (C=O) groups is 2. The lowest BCUT2D eigenvalue weighted by Crippen LogP contribution is -2.55. The highest BCUT2D eigenvalue weighted by Gasteiger charge is 2.32. The summed E-state index contributed by atoms with van der Waals surface area (Å²) in [5.74, 6) is 4.36. The Morgan fingerprint density at radius 1 is 1.54 bits per heavy atom. The van der Waals surface area contributed by atoms with Crippen molar-refractivity contribution in [3.63, 3.8) is 0 Å². The van der Waals surface area contributed by atoms with E-state index in [2.05, 4.69) is 0 Å². The van der Waals surface area contributed by atoms with E-state index in [1.807, 2.05) is 10.3 Å². The molecule has 0 radical (unpaired) electrons. The van der Waals surface area contributed by atoms with Crippen molar-refractivity contribution in [1.29, 1.82) is 0 Å². The number of hydrazine groups is 1. The van der Waals surface area contributed by atoms with E-state index < -0.39 is 0 Å². The third-order valence-corrected chi connectivity index (χ3v) is 2.25. The van der Waals surface area contributed by atoms with Gasteiger partial charge in [-0.1, -0.05) is 0 Å². The summed E-state index contributed by atoms with van der Waals surface area (Å²) in [6.45, 7) is 1.36. The summed E-state index contributed by atoms with van der Waals surface area (Å²) < 4.78 is 0. The summed E-state index contributed by atoms with van der Waals surface area (Å²) in [5.41, 5.74) is 7.15. The van der Waals surface area contributed by atoms with Crippen LogP contribution in [0.2, 0.25) is 0 Å². The number of nitrogens with two attached hydrogens (primary N) is 2. The predicted octanol–water partition coefficient (Wildman–Crippen LogP) is -2.07. The zero-order valence-corrected chi connectivity index (χ0v) is 7.32. The van der Waals surface area contributed by atoms with Gasteiger partial charge in [-0.05, 0) is 6.42 Å². The molecular weight excluding hydrogens is 172 g/mol. The maximum atomic E-state index is 10.8. The van der Waals surface area contributed by atoms with Gasteiger partial charge in [0, 0.05) is 19.5 Å². The highest BCUT2D eigenvalue weighted by atomic mass is 16.2. The van der Waals surface area contributed by atoms with Gasteiger partial charge in [-0.3, -0.25) is 19.9 Å². The van der Waals surface area contributed by atoms with Crippen LogP contribution in [0.4, 0.5) is 0 Å². The molecule has 0 aliphatic carbocycles. The standard InChI is InChI=1S/C7H14N4O2/c8-7(13)5-1-3-11(5)4-2-6(12)10-9/h5H,1-4,9H2,(H2,8,13)(H,10,12). The van der Waals surface area contributed by atoms with Crippen LogP contribution in [0.1, 0.15) is 12.8 Å². The molecule has 6 nitrogen and oxygen atoms in total. The first-order chi connectivity index (χ1) is 6.15. The number of amides is 2. The molecule has 0 bridgehead atoms. The summed E-state index contributed by atoms with van der Waals surface area (Å²) in [6.07, 6.45) is 1.10. The fourth-order valence-corrected chi connectivity index (χ4v) is 1.35. The Labute approximate surface area is 76.2 Å². The lowest BCUT2D eigenvalue weighted by Gasteiger charge is -2.38. The Hall–Kier alpha value is -1.14. The van der Waals surface area contributed by atoms with Crippen LogP contribution in [-0.4, -0.2) is 35.8 Å². The lowest BCUT2D eigenvalue weighted by molar-refractivity contribution is -0.129. The monoisotopic (exact) mass is 186 g/mol. The molecule has 1 unspecified atom stereocenters. The van der Waals surface area contributed by atoms with E-state index in [9.17, 15) is 9.59 Å². The van der Waals surface area contributed by atoms with Gasteiger partial charge in [0.05, 0.1) is 6.04 Å². The molecule has 0 saturated carbocycles. The molecule has 1 atom stereocenters. The highest BCUT2D eigenvalue weighted by molar-refractivity contribution is 5.81. The average Bonchev–Trinajstić information content (AvgIpc) is 2.01. The highest BCUT2D eigenvalue weighted by Crippen LogP contribution is 2.16. The number of hydrogen-bond donors (Lipinski definition) is 3. The molecule has 1 heterocycles. The van der Waals surface area contributed by atoms with Gasteiger partial charge in [0.15, 0.2) is 0 Å². The molecule has 1 aliphatic rings. The summed E-state index contributed by atoms with van der Waals surface area (Å²) >= 11 is 0. The maximum absolute atomic E-state index is 10.8. The van der Waals surface area contributed by atoms with E-state index >= 15 is 0 Å². The Morgan fingerprint density at radius 2 is 2.23 bits per heavy atom. The number of nitrogens with zero attached hydrogens (tertiary/aromatic N) is 1. The maximum Gasteiger partial charge on any atom is 0.235 e.